The van der Waals surface area contributed by atoms with E-state index < -0.39 is 29.8 Å². The minimum absolute atomic E-state index is 0.0214. The summed E-state index contributed by atoms with van der Waals surface area (Å²) in [7, 11) is 0. The van der Waals surface area contributed by atoms with Crippen LogP contribution in [-0.2, 0) is 15.7 Å². The van der Waals surface area contributed by atoms with Gasteiger partial charge in [-0.05, 0) is 23.3 Å². The average molecular weight is 362 g/mol. The highest BCUT2D eigenvalue weighted by Crippen LogP contribution is 2.30. The summed E-state index contributed by atoms with van der Waals surface area (Å²) in [5, 5.41) is 0. The average Bonchev–Trinajstić information content (AvgIpc) is 3.01. The van der Waals surface area contributed by atoms with Gasteiger partial charge in [0.2, 0.25) is 0 Å². The van der Waals surface area contributed by atoms with Gasteiger partial charge in [-0.15, -0.1) is 0 Å². The smallest absolute Gasteiger partial charge is 0.417 e. The quantitative estimate of drug-likeness (QED) is 0.779. The van der Waals surface area contributed by atoms with Crippen molar-refractivity contribution in [1.82, 2.24) is 9.88 Å². The minimum atomic E-state index is -4.53. The van der Waals surface area contributed by atoms with Crippen molar-refractivity contribution in [3.63, 3.8) is 0 Å². The van der Waals surface area contributed by atoms with Crippen molar-refractivity contribution in [3.8, 4) is 0 Å². The van der Waals surface area contributed by atoms with E-state index >= 15 is 0 Å². The predicted molar refractivity (Wildman–Crippen MR) is 85.7 cm³/mol. The largest absolute Gasteiger partial charge is 0.446 e. The molecular weight excluding hydrogens is 349 g/mol. The number of imide groups is 1. The maximum absolute atomic E-state index is 12.7. The molecule has 1 saturated heterocycles. The van der Waals surface area contributed by atoms with Crippen molar-refractivity contribution in [2.24, 2.45) is 0 Å². The molecule has 0 spiro atoms. The molecule has 134 valence electrons. The van der Waals surface area contributed by atoms with Gasteiger partial charge in [0.05, 0.1) is 5.56 Å². The number of halogens is 3. The Labute approximate surface area is 146 Å². The van der Waals surface area contributed by atoms with E-state index in [2.05, 4.69) is 4.98 Å². The number of benzene rings is 1. The van der Waals surface area contributed by atoms with Crippen LogP contribution in [0.4, 0.5) is 18.0 Å². The van der Waals surface area contributed by atoms with Gasteiger partial charge in [-0.25, -0.2) is 9.69 Å². The second-order valence-electron chi connectivity index (χ2n) is 5.55. The van der Waals surface area contributed by atoms with Crippen LogP contribution in [0.15, 0.2) is 54.9 Å². The van der Waals surface area contributed by atoms with Gasteiger partial charge in [0, 0.05) is 18.5 Å². The van der Waals surface area contributed by atoms with Gasteiger partial charge in [0.25, 0.3) is 5.91 Å². The first-order valence-corrected chi connectivity index (χ1v) is 7.61. The Balaban J connectivity index is 1.80. The summed E-state index contributed by atoms with van der Waals surface area (Å²) >= 11 is 0. The lowest BCUT2D eigenvalue weighted by Gasteiger charge is -2.18. The van der Waals surface area contributed by atoms with Crippen LogP contribution in [-0.4, -0.2) is 28.5 Å². The Morgan fingerprint density at radius 1 is 1.23 bits per heavy atom. The number of nitrogens with zero attached hydrogens (tertiary/aromatic N) is 2. The molecule has 0 saturated carbocycles. The number of aromatic nitrogens is 1. The fourth-order valence-corrected chi connectivity index (χ4v) is 2.54. The standard InChI is InChI=1S/C18H13F3N2O3/c19-18(20,21)14-8-12(9-22-10-14)6-7-16(24)23-15(11-26-17(23)25)13-4-2-1-3-5-13/h1-10,15H,11H2/t15-/m0/s1. The highest BCUT2D eigenvalue weighted by atomic mass is 19.4. The first-order chi connectivity index (χ1) is 12.4. The maximum atomic E-state index is 12.7. The molecule has 1 aliphatic heterocycles. The summed E-state index contributed by atoms with van der Waals surface area (Å²) in [6.45, 7) is 0.0214. The van der Waals surface area contributed by atoms with Crippen molar-refractivity contribution in [1.29, 1.82) is 0 Å². The van der Waals surface area contributed by atoms with Gasteiger partial charge in [0.15, 0.2) is 0 Å². The van der Waals surface area contributed by atoms with Crippen LogP contribution in [0, 0.1) is 0 Å². The number of hydrogen-bond donors (Lipinski definition) is 0. The van der Waals surface area contributed by atoms with Crippen molar-refractivity contribution < 1.29 is 27.5 Å². The van der Waals surface area contributed by atoms with E-state index in [1.165, 1.54) is 12.3 Å². The molecule has 1 aliphatic rings. The lowest BCUT2D eigenvalue weighted by atomic mass is 10.1. The van der Waals surface area contributed by atoms with E-state index in [0.29, 0.717) is 6.20 Å². The molecule has 2 amide bonds. The molecule has 2 heterocycles. The van der Waals surface area contributed by atoms with Crippen LogP contribution in [0.5, 0.6) is 0 Å². The molecule has 0 unspecified atom stereocenters. The molecule has 3 rings (SSSR count). The first kappa shape index (κ1) is 17.7. The zero-order valence-electron chi connectivity index (χ0n) is 13.3. The third kappa shape index (κ3) is 3.74. The molecule has 1 atom stereocenters. The van der Waals surface area contributed by atoms with Crippen molar-refractivity contribution in [2.75, 3.05) is 6.61 Å². The van der Waals surface area contributed by atoms with E-state index in [4.69, 9.17) is 4.74 Å². The molecule has 2 aromatic rings. The second-order valence-corrected chi connectivity index (χ2v) is 5.55. The Morgan fingerprint density at radius 2 is 1.96 bits per heavy atom. The molecule has 0 radical (unpaired) electrons. The monoisotopic (exact) mass is 362 g/mol. The number of carbonyl (C=O) groups excluding carboxylic acids is 2. The fraction of sp³-hybridized carbons (Fsp3) is 0.167. The minimum Gasteiger partial charge on any atom is -0.446 e. The van der Waals surface area contributed by atoms with Gasteiger partial charge >= 0.3 is 12.3 Å². The maximum Gasteiger partial charge on any atom is 0.417 e. The van der Waals surface area contributed by atoms with E-state index in [1.807, 2.05) is 0 Å². The second kappa shape index (κ2) is 6.99. The van der Waals surface area contributed by atoms with Crippen molar-refractivity contribution >= 4 is 18.1 Å². The van der Waals surface area contributed by atoms with Crippen molar-refractivity contribution in [2.45, 2.75) is 12.2 Å². The summed E-state index contributed by atoms with van der Waals surface area (Å²) in [6.07, 6.45) is -1.23. The topological polar surface area (TPSA) is 59.5 Å². The van der Waals surface area contributed by atoms with Gasteiger partial charge < -0.3 is 4.74 Å². The SMILES string of the molecule is O=C(C=Cc1cncc(C(F)(F)F)c1)N1C(=O)OC[C@H]1c1ccccc1. The molecular formula is C18H13F3N2O3. The van der Waals surface area contributed by atoms with Crippen LogP contribution in [0.3, 0.4) is 0 Å². The normalized spacial score (nSPS) is 17.6. The number of alkyl halides is 3. The summed E-state index contributed by atoms with van der Waals surface area (Å²) in [5.74, 6) is -0.682. The molecule has 1 aromatic carbocycles. The number of carbonyl (C=O) groups is 2. The number of cyclic esters (lactones) is 1. The number of ether oxygens (including phenoxy) is 1. The lowest BCUT2D eigenvalue weighted by Crippen LogP contribution is -2.32. The Hall–Kier alpha value is -3.16. The molecule has 26 heavy (non-hydrogen) atoms. The molecule has 0 N–H and O–H groups in total. The molecule has 1 fully saturated rings. The number of amides is 2. The third-order valence-corrected chi connectivity index (χ3v) is 3.80. The van der Waals surface area contributed by atoms with E-state index in [1.54, 1.807) is 30.3 Å². The Kier molecular flexibility index (Phi) is 4.75. The molecule has 5 nitrogen and oxygen atoms in total. The Morgan fingerprint density at radius 3 is 2.65 bits per heavy atom. The summed E-state index contributed by atoms with van der Waals surface area (Å²) < 4.78 is 43.0. The van der Waals surface area contributed by atoms with Gasteiger partial charge in [-0.2, -0.15) is 13.2 Å². The molecule has 0 aliphatic carbocycles. The van der Waals surface area contributed by atoms with Crippen LogP contribution < -0.4 is 0 Å². The number of rotatable bonds is 3. The predicted octanol–water partition coefficient (Wildman–Crippen LogP) is 3.83. The summed E-state index contributed by atoms with van der Waals surface area (Å²) in [5.41, 5.74) is -0.104. The third-order valence-electron chi connectivity index (χ3n) is 3.80. The lowest BCUT2D eigenvalue weighted by molar-refractivity contribution is -0.137. The van der Waals surface area contributed by atoms with Crippen LogP contribution in [0.2, 0.25) is 0 Å². The highest BCUT2D eigenvalue weighted by molar-refractivity contribution is 6.02. The van der Waals surface area contributed by atoms with Crippen molar-refractivity contribution in [3.05, 3.63) is 71.6 Å². The highest BCUT2D eigenvalue weighted by Gasteiger charge is 2.37. The van der Waals surface area contributed by atoms with Crippen LogP contribution in [0.25, 0.3) is 6.08 Å². The molecule has 1 aromatic heterocycles. The van der Waals surface area contributed by atoms with E-state index in [9.17, 15) is 22.8 Å². The van der Waals surface area contributed by atoms with Gasteiger partial charge in [0.1, 0.15) is 12.6 Å². The Bertz CT molecular complexity index is 850. The van der Waals surface area contributed by atoms with Gasteiger partial charge in [-0.3, -0.25) is 9.78 Å². The first-order valence-electron chi connectivity index (χ1n) is 7.61. The summed E-state index contributed by atoms with van der Waals surface area (Å²) in [6, 6.07) is 9.14. The fourth-order valence-electron chi connectivity index (χ4n) is 2.54. The molecule has 8 heteroatoms. The zero-order valence-corrected chi connectivity index (χ0v) is 13.3. The van der Waals surface area contributed by atoms with Crippen LogP contribution >= 0.6 is 0 Å². The molecule has 0 bridgehead atoms. The zero-order chi connectivity index (χ0) is 18.7. The number of pyridine rings is 1. The van der Waals surface area contributed by atoms with E-state index in [0.717, 1.165) is 22.6 Å². The van der Waals surface area contributed by atoms with E-state index in [-0.39, 0.29) is 12.2 Å². The summed E-state index contributed by atoms with van der Waals surface area (Å²) in [4.78, 5) is 28.7. The van der Waals surface area contributed by atoms with Gasteiger partial charge in [-0.1, -0.05) is 30.3 Å². The number of hydrogen-bond acceptors (Lipinski definition) is 4. The van der Waals surface area contributed by atoms with Crippen LogP contribution in [0.1, 0.15) is 22.7 Å².